The van der Waals surface area contributed by atoms with Crippen LogP contribution in [0.25, 0.3) is 0 Å². The number of amides is 1. The van der Waals surface area contributed by atoms with E-state index in [4.69, 9.17) is 4.74 Å². The topological polar surface area (TPSA) is 92.7 Å². The number of phenolic OH excluding ortho intramolecular Hbond substituents is 1. The number of ether oxygens (including phenoxy) is 1. The van der Waals surface area contributed by atoms with Gasteiger partial charge in [0.15, 0.2) is 11.0 Å². The van der Waals surface area contributed by atoms with Crippen LogP contribution in [0.15, 0.2) is 71.6 Å². The summed E-state index contributed by atoms with van der Waals surface area (Å²) in [6.45, 7) is 12.1. The number of thioether (sulfide) groups is 1. The number of Topliss-reactive ketones (excluding diaryl/α,β-unsaturated/α-hetero) is 1. The fourth-order valence-electron chi connectivity index (χ4n) is 5.10. The lowest BCUT2D eigenvalue weighted by atomic mass is 9.78. The van der Waals surface area contributed by atoms with Gasteiger partial charge in [-0.05, 0) is 84.2 Å². The predicted molar refractivity (Wildman–Crippen MR) is 164 cm³/mol. The molecule has 0 aliphatic carbocycles. The molecule has 1 fully saturated rings. The van der Waals surface area contributed by atoms with Gasteiger partial charge in [0, 0.05) is 22.6 Å². The Balaban J connectivity index is 1.56. The number of aromatic hydroxyl groups is 1. The van der Waals surface area contributed by atoms with Crippen molar-refractivity contribution in [3.05, 3.63) is 89.0 Å². The van der Waals surface area contributed by atoms with E-state index in [9.17, 15) is 19.5 Å². The van der Waals surface area contributed by atoms with E-state index in [-0.39, 0.29) is 35.2 Å². The monoisotopic (exact) mass is 573 g/mol. The molecule has 1 amide bonds. The summed E-state index contributed by atoms with van der Waals surface area (Å²) < 4.78 is 6.13. The lowest BCUT2D eigenvalue weighted by Gasteiger charge is -2.41. The van der Waals surface area contributed by atoms with Gasteiger partial charge in [0.2, 0.25) is 0 Å². The van der Waals surface area contributed by atoms with Crippen molar-refractivity contribution < 1.29 is 24.2 Å². The quantitative estimate of drug-likeness (QED) is 0.218. The predicted octanol–water partition coefficient (Wildman–Crippen LogP) is 7.25. The Morgan fingerprint density at radius 1 is 1.07 bits per heavy atom. The van der Waals surface area contributed by atoms with Crippen molar-refractivity contribution in [2.75, 3.05) is 5.32 Å². The second-order valence-corrected chi connectivity index (χ2v) is 13.3. The summed E-state index contributed by atoms with van der Waals surface area (Å²) in [5, 5.41) is 11.6. The highest BCUT2D eigenvalue weighted by Crippen LogP contribution is 2.43. The molecular weight excluding hydrogens is 534 g/mol. The molecule has 0 bridgehead atoms. The number of esters is 1. The minimum atomic E-state index is -0.958. The van der Waals surface area contributed by atoms with Crippen LogP contribution in [-0.2, 0) is 26.2 Å². The van der Waals surface area contributed by atoms with Gasteiger partial charge >= 0.3 is 5.97 Å². The van der Waals surface area contributed by atoms with E-state index < -0.39 is 16.8 Å². The largest absolute Gasteiger partial charge is 0.508 e. The Hall–Kier alpha value is -3.58. The zero-order valence-corrected chi connectivity index (χ0v) is 25.4. The van der Waals surface area contributed by atoms with E-state index in [1.165, 1.54) is 11.8 Å². The van der Waals surface area contributed by atoms with Gasteiger partial charge in [-0.2, -0.15) is 0 Å². The molecule has 1 saturated heterocycles. The van der Waals surface area contributed by atoms with Gasteiger partial charge in [-0.15, -0.1) is 11.8 Å². The molecule has 4 rings (SSSR count). The van der Waals surface area contributed by atoms with Gasteiger partial charge in [0.1, 0.15) is 11.4 Å². The van der Waals surface area contributed by atoms with Crippen LogP contribution in [0.4, 0.5) is 5.69 Å². The van der Waals surface area contributed by atoms with Crippen molar-refractivity contribution in [2.45, 2.75) is 82.0 Å². The Morgan fingerprint density at radius 2 is 1.73 bits per heavy atom. The number of anilines is 1. The first-order valence-corrected chi connectivity index (χ1v) is 14.9. The molecule has 3 aromatic carbocycles. The number of cyclic esters (lactones) is 1. The van der Waals surface area contributed by atoms with Crippen molar-refractivity contribution in [3.63, 3.8) is 0 Å². The minimum absolute atomic E-state index is 0.0432. The van der Waals surface area contributed by atoms with Gasteiger partial charge in [0.25, 0.3) is 5.91 Å². The minimum Gasteiger partial charge on any atom is -0.508 e. The molecular formula is C34H39NO5S. The van der Waals surface area contributed by atoms with Crippen LogP contribution in [-0.4, -0.2) is 33.6 Å². The second kappa shape index (κ2) is 12.1. The van der Waals surface area contributed by atoms with Gasteiger partial charge in [-0.25, -0.2) is 0 Å². The third kappa shape index (κ3) is 7.02. The first kappa shape index (κ1) is 30.4. The molecule has 216 valence electrons. The number of hydrogen-bond acceptors (Lipinski definition) is 6. The SMILES string of the molecule is Cc1cc(SC2C(=O)CC(CCc3ccc(O)cc3)(C(C)C)OC2=O)c(C(C)(C)C)cc1NC(=O)c1ccccc1. The van der Waals surface area contributed by atoms with Crippen molar-refractivity contribution in [1.29, 1.82) is 0 Å². The summed E-state index contributed by atoms with van der Waals surface area (Å²) in [5.41, 5.74) is 2.85. The average Bonchev–Trinajstić information content (AvgIpc) is 2.91. The zero-order chi connectivity index (χ0) is 29.9. The summed E-state index contributed by atoms with van der Waals surface area (Å²) in [4.78, 5) is 40.7. The van der Waals surface area contributed by atoms with Crippen LogP contribution in [0, 0.1) is 12.8 Å². The van der Waals surface area contributed by atoms with E-state index in [0.717, 1.165) is 21.6 Å². The number of rotatable bonds is 8. The first-order chi connectivity index (χ1) is 19.3. The Morgan fingerprint density at radius 3 is 2.32 bits per heavy atom. The van der Waals surface area contributed by atoms with Crippen molar-refractivity contribution in [1.82, 2.24) is 0 Å². The molecule has 41 heavy (non-hydrogen) atoms. The zero-order valence-electron chi connectivity index (χ0n) is 24.6. The van der Waals surface area contributed by atoms with Crippen LogP contribution in [0.3, 0.4) is 0 Å². The summed E-state index contributed by atoms with van der Waals surface area (Å²) in [6, 6.07) is 19.9. The third-order valence-corrected chi connectivity index (χ3v) is 9.06. The molecule has 3 aromatic rings. The summed E-state index contributed by atoms with van der Waals surface area (Å²) in [6.07, 6.45) is 1.30. The standard InChI is InChI=1S/C34H39NO5S/c1-21(2)34(17-16-23-12-14-25(36)15-13-23)20-28(37)30(32(39)40-34)41-29-18-22(3)27(19-26(29)33(4,5)6)35-31(38)24-10-8-7-9-11-24/h7-15,18-19,21,30,36H,16-17,20H2,1-6H3,(H,35,38). The van der Waals surface area contributed by atoms with Gasteiger partial charge in [-0.3, -0.25) is 14.4 Å². The highest BCUT2D eigenvalue weighted by Gasteiger charge is 2.49. The average molecular weight is 574 g/mol. The van der Waals surface area contributed by atoms with E-state index >= 15 is 0 Å². The highest BCUT2D eigenvalue weighted by molar-refractivity contribution is 8.01. The Bertz CT molecular complexity index is 1410. The van der Waals surface area contributed by atoms with E-state index in [0.29, 0.717) is 24.1 Å². The number of benzene rings is 3. The number of carbonyl (C=O) groups is 3. The number of phenols is 1. The summed E-state index contributed by atoms with van der Waals surface area (Å²) in [5.74, 6) is -0.687. The van der Waals surface area contributed by atoms with Crippen LogP contribution in [0.2, 0.25) is 0 Å². The molecule has 0 saturated carbocycles. The number of ketones is 1. The third-order valence-electron chi connectivity index (χ3n) is 7.77. The lowest BCUT2D eigenvalue weighted by molar-refractivity contribution is -0.176. The highest BCUT2D eigenvalue weighted by atomic mass is 32.2. The molecule has 1 heterocycles. The molecule has 2 atom stereocenters. The smallest absolute Gasteiger partial charge is 0.327 e. The lowest BCUT2D eigenvalue weighted by Crippen LogP contribution is -2.52. The van der Waals surface area contributed by atoms with Gasteiger partial charge < -0.3 is 15.2 Å². The van der Waals surface area contributed by atoms with Crippen LogP contribution in [0.5, 0.6) is 5.75 Å². The molecule has 2 N–H and O–H groups in total. The number of nitrogens with one attached hydrogen (secondary N) is 1. The molecule has 1 aliphatic rings. The van der Waals surface area contributed by atoms with E-state index in [1.807, 2.05) is 63.2 Å². The van der Waals surface area contributed by atoms with Crippen molar-refractivity contribution in [2.24, 2.45) is 5.92 Å². The molecule has 0 aromatic heterocycles. The van der Waals surface area contributed by atoms with Crippen LogP contribution < -0.4 is 5.32 Å². The number of carbonyl (C=O) groups excluding carboxylic acids is 3. The first-order valence-electron chi connectivity index (χ1n) is 14.0. The molecule has 1 aliphatic heterocycles. The molecule has 0 radical (unpaired) electrons. The van der Waals surface area contributed by atoms with Crippen LogP contribution >= 0.6 is 11.8 Å². The fraction of sp³-hybridized carbons (Fsp3) is 0.382. The maximum Gasteiger partial charge on any atom is 0.327 e. The number of aryl methyl sites for hydroxylation is 2. The van der Waals surface area contributed by atoms with Gasteiger partial charge in [0.05, 0.1) is 0 Å². The fourth-order valence-corrected chi connectivity index (χ4v) is 6.45. The van der Waals surface area contributed by atoms with E-state index in [2.05, 4.69) is 26.1 Å². The maximum atomic E-state index is 13.6. The Labute approximate surface area is 246 Å². The van der Waals surface area contributed by atoms with Crippen molar-refractivity contribution in [3.8, 4) is 5.75 Å². The second-order valence-electron chi connectivity index (χ2n) is 12.2. The number of hydrogen-bond donors (Lipinski definition) is 2. The normalized spacial score (nSPS) is 19.2. The van der Waals surface area contributed by atoms with Crippen molar-refractivity contribution >= 4 is 35.1 Å². The van der Waals surface area contributed by atoms with Gasteiger partial charge in [-0.1, -0.05) is 65.0 Å². The molecule has 7 heteroatoms. The Kier molecular flexibility index (Phi) is 8.97. The molecule has 2 unspecified atom stereocenters. The molecule has 0 spiro atoms. The van der Waals surface area contributed by atoms with E-state index in [1.54, 1.807) is 24.3 Å². The molecule has 6 nitrogen and oxygen atoms in total. The van der Waals surface area contributed by atoms with Crippen LogP contribution in [0.1, 0.15) is 74.5 Å². The summed E-state index contributed by atoms with van der Waals surface area (Å²) >= 11 is 1.24. The maximum absolute atomic E-state index is 13.6. The summed E-state index contributed by atoms with van der Waals surface area (Å²) in [7, 11) is 0.